The predicted molar refractivity (Wildman–Crippen MR) is 51.6 cm³/mol. The van der Waals surface area contributed by atoms with E-state index in [4.69, 9.17) is 0 Å². The highest BCUT2D eigenvalue weighted by Crippen LogP contribution is 2.31. The molecule has 3 rings (SSSR count). The minimum absolute atomic E-state index is 0.647. The SMILES string of the molecule is c1cc2c(cnn2C2CCCC2)[nH]1. The number of hydrogen-bond acceptors (Lipinski definition) is 1. The third-order valence-corrected chi connectivity index (χ3v) is 2.98. The van der Waals surface area contributed by atoms with E-state index in [1.807, 2.05) is 12.4 Å². The number of H-pyrrole nitrogens is 1. The van der Waals surface area contributed by atoms with Crippen LogP contribution in [-0.4, -0.2) is 14.8 Å². The van der Waals surface area contributed by atoms with Gasteiger partial charge in [0.1, 0.15) is 0 Å². The summed E-state index contributed by atoms with van der Waals surface area (Å²) in [7, 11) is 0. The molecule has 3 nitrogen and oxygen atoms in total. The van der Waals surface area contributed by atoms with Gasteiger partial charge in [0.05, 0.1) is 23.3 Å². The second-order valence-electron chi connectivity index (χ2n) is 3.80. The smallest absolute Gasteiger partial charge is 0.0862 e. The average molecular weight is 175 g/mol. The fourth-order valence-corrected chi connectivity index (χ4v) is 2.30. The van der Waals surface area contributed by atoms with Crippen LogP contribution in [0, 0.1) is 0 Å². The first-order chi connectivity index (χ1) is 6.45. The van der Waals surface area contributed by atoms with Gasteiger partial charge >= 0.3 is 0 Å². The van der Waals surface area contributed by atoms with Crippen molar-refractivity contribution in [3.05, 3.63) is 18.5 Å². The average Bonchev–Trinajstić information content (AvgIpc) is 2.79. The van der Waals surface area contributed by atoms with Gasteiger partial charge in [-0.25, -0.2) is 0 Å². The second-order valence-corrected chi connectivity index (χ2v) is 3.80. The molecule has 1 fully saturated rings. The van der Waals surface area contributed by atoms with Gasteiger partial charge < -0.3 is 4.98 Å². The molecule has 0 saturated heterocycles. The van der Waals surface area contributed by atoms with Crippen molar-refractivity contribution in [2.45, 2.75) is 31.7 Å². The molecule has 1 aliphatic carbocycles. The summed E-state index contributed by atoms with van der Waals surface area (Å²) >= 11 is 0. The fourth-order valence-electron chi connectivity index (χ4n) is 2.30. The standard InChI is InChI=1S/C10H13N3/c1-2-4-8(3-1)13-10-5-6-11-9(10)7-12-13/h5-8,11H,1-4H2. The molecule has 0 bridgehead atoms. The summed E-state index contributed by atoms with van der Waals surface area (Å²) in [5, 5.41) is 4.42. The van der Waals surface area contributed by atoms with Crippen LogP contribution in [0.15, 0.2) is 18.5 Å². The van der Waals surface area contributed by atoms with Gasteiger partial charge in [0.15, 0.2) is 0 Å². The van der Waals surface area contributed by atoms with Crippen molar-refractivity contribution in [2.24, 2.45) is 0 Å². The minimum atomic E-state index is 0.647. The van der Waals surface area contributed by atoms with Gasteiger partial charge in [-0.15, -0.1) is 0 Å². The number of fused-ring (bicyclic) bond motifs is 1. The summed E-state index contributed by atoms with van der Waals surface area (Å²) in [6.07, 6.45) is 9.21. The highest BCUT2D eigenvalue weighted by molar-refractivity contribution is 5.74. The van der Waals surface area contributed by atoms with Gasteiger partial charge in [-0.3, -0.25) is 4.68 Å². The van der Waals surface area contributed by atoms with Crippen LogP contribution in [0.1, 0.15) is 31.7 Å². The van der Waals surface area contributed by atoms with Gasteiger partial charge in [0.2, 0.25) is 0 Å². The third-order valence-electron chi connectivity index (χ3n) is 2.98. The minimum Gasteiger partial charge on any atom is -0.359 e. The van der Waals surface area contributed by atoms with Crippen molar-refractivity contribution in [2.75, 3.05) is 0 Å². The van der Waals surface area contributed by atoms with E-state index >= 15 is 0 Å². The molecule has 0 unspecified atom stereocenters. The normalized spacial score (nSPS) is 18.8. The van der Waals surface area contributed by atoms with Crippen molar-refractivity contribution in [3.63, 3.8) is 0 Å². The topological polar surface area (TPSA) is 33.6 Å². The van der Waals surface area contributed by atoms with Gasteiger partial charge in [-0.1, -0.05) is 12.8 Å². The number of hydrogen-bond donors (Lipinski definition) is 1. The number of nitrogens with one attached hydrogen (secondary N) is 1. The Morgan fingerprint density at radius 1 is 1.38 bits per heavy atom. The molecule has 13 heavy (non-hydrogen) atoms. The van der Waals surface area contributed by atoms with Gasteiger partial charge in [0, 0.05) is 6.20 Å². The van der Waals surface area contributed by atoms with E-state index in [9.17, 15) is 0 Å². The van der Waals surface area contributed by atoms with Crippen molar-refractivity contribution < 1.29 is 0 Å². The van der Waals surface area contributed by atoms with Crippen molar-refractivity contribution in [1.82, 2.24) is 14.8 Å². The lowest BCUT2D eigenvalue weighted by Gasteiger charge is -2.09. The van der Waals surface area contributed by atoms with Crippen LogP contribution in [0.5, 0.6) is 0 Å². The summed E-state index contributed by atoms with van der Waals surface area (Å²) < 4.78 is 2.18. The summed E-state index contributed by atoms with van der Waals surface area (Å²) in [6.45, 7) is 0. The van der Waals surface area contributed by atoms with E-state index in [0.717, 1.165) is 5.52 Å². The van der Waals surface area contributed by atoms with Gasteiger partial charge in [-0.2, -0.15) is 5.10 Å². The van der Waals surface area contributed by atoms with Crippen molar-refractivity contribution in [3.8, 4) is 0 Å². The Hall–Kier alpha value is -1.25. The summed E-state index contributed by atoms with van der Waals surface area (Å²) in [5.41, 5.74) is 2.42. The van der Waals surface area contributed by atoms with Crippen LogP contribution >= 0.6 is 0 Å². The number of aromatic nitrogens is 3. The molecule has 1 aliphatic rings. The Kier molecular flexibility index (Phi) is 1.45. The highest BCUT2D eigenvalue weighted by Gasteiger charge is 2.19. The van der Waals surface area contributed by atoms with Crippen molar-refractivity contribution in [1.29, 1.82) is 0 Å². The summed E-state index contributed by atoms with van der Waals surface area (Å²) in [6, 6.07) is 2.76. The molecule has 68 valence electrons. The molecule has 2 heterocycles. The molecule has 0 aromatic carbocycles. The zero-order valence-corrected chi connectivity index (χ0v) is 7.53. The molecular weight excluding hydrogens is 162 g/mol. The van der Waals surface area contributed by atoms with E-state index < -0.39 is 0 Å². The zero-order chi connectivity index (χ0) is 8.67. The van der Waals surface area contributed by atoms with Crippen LogP contribution in [-0.2, 0) is 0 Å². The molecule has 0 radical (unpaired) electrons. The number of nitrogens with zero attached hydrogens (tertiary/aromatic N) is 2. The molecule has 1 saturated carbocycles. The third kappa shape index (κ3) is 0.996. The molecule has 1 N–H and O–H groups in total. The van der Waals surface area contributed by atoms with E-state index in [0.29, 0.717) is 6.04 Å². The predicted octanol–water partition coefficient (Wildman–Crippen LogP) is 2.48. The second kappa shape index (κ2) is 2.62. The van der Waals surface area contributed by atoms with Crippen LogP contribution < -0.4 is 0 Å². The molecular formula is C10H13N3. The summed E-state index contributed by atoms with van der Waals surface area (Å²) in [5.74, 6) is 0. The van der Waals surface area contributed by atoms with E-state index in [1.54, 1.807) is 0 Å². The van der Waals surface area contributed by atoms with E-state index in [1.165, 1.54) is 31.2 Å². The highest BCUT2D eigenvalue weighted by atomic mass is 15.3. The van der Waals surface area contributed by atoms with Crippen LogP contribution in [0.4, 0.5) is 0 Å². The molecule has 3 heteroatoms. The number of aromatic amines is 1. The lowest BCUT2D eigenvalue weighted by atomic mass is 10.2. The van der Waals surface area contributed by atoms with Crippen LogP contribution in [0.2, 0.25) is 0 Å². The van der Waals surface area contributed by atoms with Crippen molar-refractivity contribution >= 4 is 11.0 Å². The first kappa shape index (κ1) is 7.18. The van der Waals surface area contributed by atoms with Gasteiger partial charge in [-0.05, 0) is 18.9 Å². The molecule has 0 aliphatic heterocycles. The maximum absolute atomic E-state index is 4.42. The first-order valence-corrected chi connectivity index (χ1v) is 4.96. The molecule has 2 aromatic heterocycles. The zero-order valence-electron chi connectivity index (χ0n) is 7.53. The maximum Gasteiger partial charge on any atom is 0.0862 e. The lowest BCUT2D eigenvalue weighted by molar-refractivity contribution is 0.482. The largest absolute Gasteiger partial charge is 0.359 e. The number of rotatable bonds is 1. The maximum atomic E-state index is 4.42. The molecule has 0 amide bonds. The van der Waals surface area contributed by atoms with Crippen LogP contribution in [0.3, 0.4) is 0 Å². The Labute approximate surface area is 76.7 Å². The Morgan fingerprint density at radius 3 is 3.08 bits per heavy atom. The molecule has 0 spiro atoms. The first-order valence-electron chi connectivity index (χ1n) is 4.96. The Morgan fingerprint density at radius 2 is 2.23 bits per heavy atom. The van der Waals surface area contributed by atoms with Crippen LogP contribution in [0.25, 0.3) is 11.0 Å². The summed E-state index contributed by atoms with van der Waals surface area (Å²) in [4.78, 5) is 3.18. The Bertz CT molecular complexity index is 406. The lowest BCUT2D eigenvalue weighted by Crippen LogP contribution is -2.05. The molecule has 0 atom stereocenters. The monoisotopic (exact) mass is 175 g/mol. The van der Waals surface area contributed by atoms with Gasteiger partial charge in [0.25, 0.3) is 0 Å². The Balaban J connectivity index is 2.09. The quantitative estimate of drug-likeness (QED) is 0.709. The van der Waals surface area contributed by atoms with E-state index in [-0.39, 0.29) is 0 Å². The van der Waals surface area contributed by atoms with E-state index in [2.05, 4.69) is 20.8 Å². The molecule has 2 aromatic rings. The fraction of sp³-hybridized carbons (Fsp3) is 0.500.